The smallest absolute Gasteiger partial charge is 0.453 e. The van der Waals surface area contributed by atoms with Gasteiger partial charge in [0.2, 0.25) is 11.8 Å². The minimum absolute atomic E-state index is 0.148. The largest absolute Gasteiger partial charge is 0.494 e. The summed E-state index contributed by atoms with van der Waals surface area (Å²) in [7, 11) is 0. The lowest BCUT2D eigenvalue weighted by Crippen LogP contribution is -2.58. The van der Waals surface area contributed by atoms with Gasteiger partial charge in [-0.25, -0.2) is 9.37 Å². The van der Waals surface area contributed by atoms with Gasteiger partial charge in [-0.1, -0.05) is 64.3 Å². The second-order valence-electron chi connectivity index (χ2n) is 19.8. The first-order valence-corrected chi connectivity index (χ1v) is 25.2. The van der Waals surface area contributed by atoms with Crippen molar-refractivity contribution in [3.05, 3.63) is 76.4 Å². The molecule has 372 valence electrons. The minimum atomic E-state index is -4.61. The monoisotopic (exact) mass is 977 g/mol. The number of alkyl halides is 4. The number of likely N-dealkylation sites (tertiary alicyclic amines) is 2. The maximum atomic E-state index is 14.6. The van der Waals surface area contributed by atoms with Crippen LogP contribution in [0.3, 0.4) is 0 Å². The number of amides is 3. The van der Waals surface area contributed by atoms with Gasteiger partial charge in [0.15, 0.2) is 11.5 Å². The van der Waals surface area contributed by atoms with Crippen LogP contribution in [0, 0.1) is 12.3 Å². The molecule has 2 atom stereocenters. The van der Waals surface area contributed by atoms with E-state index in [9.17, 15) is 31.9 Å². The van der Waals surface area contributed by atoms with Crippen LogP contribution < -0.4 is 20.1 Å². The molecule has 0 bridgehead atoms. The third kappa shape index (κ3) is 12.1. The standard InChI is InChI=1S/C50H63F4N9O5S/c1-32-42(69-31-56-32)35-12-13-36(30-55-44(64)38-11-10-24-62(38)45(65)43(48(2,3)4)57-47(66)49(51)22-23-49)39(29-35)68-28-9-7-5-6-8-27-67-37-16-14-33(15-17-37)34-20-25-61(26-21-34)41-19-18-40-58-59-46(50(52,53)54)63(40)60-41/h12-17,29,31,34,38,43H,5-11,18-28,30H2,1-4H3,(H,55,64)(H,57,66). The van der Waals surface area contributed by atoms with Crippen LogP contribution in [0.25, 0.3) is 10.4 Å². The predicted octanol–water partition coefficient (Wildman–Crippen LogP) is 8.76. The van der Waals surface area contributed by atoms with E-state index >= 15 is 0 Å². The maximum absolute atomic E-state index is 14.6. The first-order valence-electron chi connectivity index (χ1n) is 24.3. The number of carbonyl (C=O) groups is 3. The number of aromatic nitrogens is 4. The Labute approximate surface area is 404 Å². The number of amidine groups is 1. The number of aryl methyl sites for hydroxylation is 2. The van der Waals surface area contributed by atoms with E-state index in [1.807, 2.05) is 63.5 Å². The van der Waals surface area contributed by atoms with Gasteiger partial charge >= 0.3 is 6.18 Å². The number of rotatable bonds is 18. The fraction of sp³-hybridized carbons (Fsp3) is 0.580. The van der Waals surface area contributed by atoms with E-state index in [1.54, 1.807) is 11.3 Å². The van der Waals surface area contributed by atoms with Crippen molar-refractivity contribution in [2.24, 2.45) is 10.5 Å². The zero-order valence-corrected chi connectivity index (χ0v) is 40.7. The van der Waals surface area contributed by atoms with Gasteiger partial charge in [0.1, 0.15) is 29.4 Å². The number of thiazole rings is 1. The molecule has 2 N–H and O–H groups in total. The number of hydrogen-bond donors (Lipinski definition) is 2. The van der Waals surface area contributed by atoms with Gasteiger partial charge in [0.25, 0.3) is 11.7 Å². The maximum Gasteiger partial charge on any atom is 0.453 e. The van der Waals surface area contributed by atoms with Crippen molar-refractivity contribution in [2.75, 3.05) is 32.8 Å². The Morgan fingerprint density at radius 2 is 1.61 bits per heavy atom. The lowest BCUT2D eigenvalue weighted by Gasteiger charge is -2.35. The van der Waals surface area contributed by atoms with Crippen LogP contribution in [-0.2, 0) is 33.5 Å². The number of carbonyl (C=O) groups excluding carboxylic acids is 3. The molecule has 19 heteroatoms. The molecule has 1 aliphatic carbocycles. The molecule has 4 aromatic rings. The summed E-state index contributed by atoms with van der Waals surface area (Å²) in [5, 5.41) is 17.0. The molecular weight excluding hydrogens is 915 g/mol. The fourth-order valence-electron chi connectivity index (χ4n) is 9.34. The molecule has 3 amide bonds. The fourth-order valence-corrected chi connectivity index (χ4v) is 10.1. The topological polar surface area (TPSA) is 156 Å². The van der Waals surface area contributed by atoms with Crippen molar-refractivity contribution in [3.63, 3.8) is 0 Å². The number of hydrogen-bond acceptors (Lipinski definition) is 11. The number of ether oxygens (including phenoxy) is 2. The molecular formula is C50H63F4N9O5S. The van der Waals surface area contributed by atoms with Crippen LogP contribution in [0.1, 0.15) is 132 Å². The lowest BCUT2D eigenvalue weighted by molar-refractivity contribution is -0.147. The molecule has 5 heterocycles. The third-order valence-corrected chi connectivity index (χ3v) is 14.6. The van der Waals surface area contributed by atoms with Gasteiger partial charge in [-0.2, -0.15) is 22.9 Å². The quantitative estimate of drug-likeness (QED) is 0.0736. The number of piperidine rings is 1. The van der Waals surface area contributed by atoms with E-state index in [0.29, 0.717) is 76.0 Å². The lowest BCUT2D eigenvalue weighted by atomic mass is 9.85. The van der Waals surface area contributed by atoms with E-state index in [2.05, 4.69) is 47.9 Å². The molecule has 2 saturated heterocycles. The van der Waals surface area contributed by atoms with E-state index in [1.165, 1.54) is 10.5 Å². The molecule has 14 nitrogen and oxygen atoms in total. The van der Waals surface area contributed by atoms with Crippen LogP contribution in [0.5, 0.6) is 11.5 Å². The van der Waals surface area contributed by atoms with Crippen LogP contribution in [0.2, 0.25) is 0 Å². The molecule has 69 heavy (non-hydrogen) atoms. The second-order valence-corrected chi connectivity index (χ2v) is 20.7. The van der Waals surface area contributed by atoms with Crippen LogP contribution >= 0.6 is 11.3 Å². The van der Waals surface area contributed by atoms with Gasteiger partial charge < -0.3 is 29.9 Å². The summed E-state index contributed by atoms with van der Waals surface area (Å²) in [5.74, 6) is 0.219. The summed E-state index contributed by atoms with van der Waals surface area (Å²) in [6.07, 6.45) is 4.26. The van der Waals surface area contributed by atoms with E-state index in [4.69, 9.17) is 9.47 Å². The molecule has 3 fully saturated rings. The van der Waals surface area contributed by atoms with Crippen molar-refractivity contribution >= 4 is 34.9 Å². The van der Waals surface area contributed by atoms with Gasteiger partial charge in [0.05, 0.1) is 29.3 Å². The highest BCUT2D eigenvalue weighted by Crippen LogP contribution is 2.41. The number of unbranched alkanes of at least 4 members (excludes halogenated alkanes) is 4. The summed E-state index contributed by atoms with van der Waals surface area (Å²) >= 11 is 1.55. The average Bonchev–Trinajstić information content (AvgIpc) is 3.67. The molecule has 3 aliphatic heterocycles. The number of nitrogens with zero attached hydrogens (tertiary/aromatic N) is 7. The molecule has 8 rings (SSSR count). The van der Waals surface area contributed by atoms with Crippen molar-refractivity contribution in [1.29, 1.82) is 0 Å². The Balaban J connectivity index is 0.758. The Morgan fingerprint density at radius 3 is 2.28 bits per heavy atom. The highest BCUT2D eigenvalue weighted by Gasteiger charge is 2.53. The van der Waals surface area contributed by atoms with E-state index in [0.717, 1.165) is 77.1 Å². The Hall–Kier alpha value is -5.59. The summed E-state index contributed by atoms with van der Waals surface area (Å²) in [6, 6.07) is 12.5. The van der Waals surface area contributed by atoms with Crippen LogP contribution in [0.4, 0.5) is 17.6 Å². The molecule has 2 aromatic heterocycles. The van der Waals surface area contributed by atoms with E-state index in [-0.39, 0.29) is 37.0 Å². The highest BCUT2D eigenvalue weighted by atomic mass is 32.1. The minimum Gasteiger partial charge on any atom is -0.494 e. The Morgan fingerprint density at radius 1 is 0.899 bits per heavy atom. The molecule has 1 saturated carbocycles. The summed E-state index contributed by atoms with van der Waals surface area (Å²) < 4.78 is 68.1. The molecule has 2 aromatic carbocycles. The van der Waals surface area contributed by atoms with Crippen LogP contribution in [0.15, 0.2) is 53.1 Å². The highest BCUT2D eigenvalue weighted by molar-refractivity contribution is 7.13. The van der Waals surface area contributed by atoms with Crippen molar-refractivity contribution < 1.29 is 41.4 Å². The van der Waals surface area contributed by atoms with Crippen molar-refractivity contribution in [2.45, 2.75) is 148 Å². The van der Waals surface area contributed by atoms with Crippen molar-refractivity contribution in [1.82, 2.24) is 40.3 Å². The Bertz CT molecular complexity index is 2470. The third-order valence-electron chi connectivity index (χ3n) is 13.6. The SMILES string of the molecule is Cc1ncsc1-c1ccc(CNC(=O)C2CCCN2C(=O)C(NC(=O)C2(F)CC2)C(C)(C)C)c(OCCCCCCCOc2ccc(C3CCN(C4=Nn5c(nnc5C(F)(F)F)CC4)CC3)cc2)c1. The van der Waals surface area contributed by atoms with Crippen molar-refractivity contribution in [3.8, 4) is 21.9 Å². The summed E-state index contributed by atoms with van der Waals surface area (Å²) in [5.41, 5.74) is 3.15. The zero-order chi connectivity index (χ0) is 48.9. The molecule has 2 unspecified atom stereocenters. The summed E-state index contributed by atoms with van der Waals surface area (Å²) in [4.78, 5) is 49.4. The molecule has 4 aliphatic rings. The Kier molecular flexibility index (Phi) is 15.3. The normalized spacial score (nSPS) is 18.6. The van der Waals surface area contributed by atoms with Crippen LogP contribution in [-0.4, -0.2) is 104 Å². The van der Waals surface area contributed by atoms with Gasteiger partial charge in [-0.15, -0.1) is 21.5 Å². The number of nitrogens with one attached hydrogen (secondary N) is 2. The van der Waals surface area contributed by atoms with Gasteiger partial charge in [-0.05, 0) is 98.9 Å². The first-order chi connectivity index (χ1) is 33.0. The predicted molar refractivity (Wildman–Crippen MR) is 254 cm³/mol. The van der Waals surface area contributed by atoms with E-state index < -0.39 is 41.1 Å². The number of halogens is 4. The summed E-state index contributed by atoms with van der Waals surface area (Å²) in [6.45, 7) is 10.6. The molecule has 0 radical (unpaired) electrons. The molecule has 0 spiro atoms. The first kappa shape index (κ1) is 49.8. The van der Waals surface area contributed by atoms with Gasteiger partial charge in [0, 0.05) is 44.6 Å². The number of benzene rings is 2. The van der Waals surface area contributed by atoms with Gasteiger partial charge in [-0.3, -0.25) is 14.4 Å². The number of fused-ring (bicyclic) bond motifs is 1. The second kappa shape index (κ2) is 21.2. The zero-order valence-electron chi connectivity index (χ0n) is 39.9. The average molecular weight is 978 g/mol.